The molecular formula is C35H39F3N2O5. The van der Waals surface area contributed by atoms with Gasteiger partial charge in [0.2, 0.25) is 0 Å². The van der Waals surface area contributed by atoms with Crippen LogP contribution in [0.15, 0.2) is 53.2 Å². The number of alkyl halides is 3. The van der Waals surface area contributed by atoms with Crippen molar-refractivity contribution in [2.24, 2.45) is 16.5 Å². The lowest BCUT2D eigenvalue weighted by Gasteiger charge is -2.36. The van der Waals surface area contributed by atoms with E-state index in [9.17, 15) is 27.7 Å². The first-order valence-corrected chi connectivity index (χ1v) is 15.3. The number of cyclic esters (lactones) is 1. The number of benzene rings is 2. The lowest BCUT2D eigenvalue weighted by atomic mass is 9.72. The van der Waals surface area contributed by atoms with Gasteiger partial charge in [0, 0.05) is 23.2 Å². The fraction of sp³-hybridized carbons (Fsp3) is 0.486. The zero-order valence-corrected chi connectivity index (χ0v) is 26.3. The minimum atomic E-state index is -4.51. The minimum Gasteiger partial charge on any atom is -0.496 e. The van der Waals surface area contributed by atoms with Crippen molar-refractivity contribution in [2.75, 3.05) is 13.7 Å². The standard InChI is InChI=1S/C35H39F3N2O5/c1-20-14-25(16-27(15-20)35(36,37)38)31-21(2)40(33(42)45-31)19-26-18-34(3,4)13-12-28(26)29-17-24(10-11-30(29)44-5)22-6-8-23(9-7-22)32(41)39-43/h6,10-11,14-17,21,23,31H,7-9,12-13,18-19H2,1-5H3. The molecule has 1 aliphatic heterocycles. The molecule has 0 radical (unpaired) electrons. The molecular weight excluding hydrogens is 585 g/mol. The molecule has 5 rings (SSSR count). The smallest absolute Gasteiger partial charge is 0.416 e. The van der Waals surface area contributed by atoms with Gasteiger partial charge in [0.25, 0.3) is 5.91 Å². The monoisotopic (exact) mass is 624 g/mol. The van der Waals surface area contributed by atoms with Crippen molar-refractivity contribution >= 4 is 23.1 Å². The van der Waals surface area contributed by atoms with E-state index in [1.54, 1.807) is 25.0 Å². The highest BCUT2D eigenvalue weighted by atomic mass is 19.4. The first-order chi connectivity index (χ1) is 21.2. The second-order valence-corrected chi connectivity index (χ2v) is 13.3. The maximum absolute atomic E-state index is 13.6. The average molecular weight is 625 g/mol. The number of hydrogen-bond donors (Lipinski definition) is 0. The Kier molecular flexibility index (Phi) is 8.97. The number of allylic oxidation sites excluding steroid dienone is 3. The van der Waals surface area contributed by atoms with Gasteiger partial charge >= 0.3 is 12.3 Å². The molecule has 3 atom stereocenters. The van der Waals surface area contributed by atoms with Crippen LogP contribution in [-0.4, -0.2) is 36.6 Å². The summed E-state index contributed by atoms with van der Waals surface area (Å²) in [5.41, 5.74) is 5.15. The molecule has 2 aromatic rings. The molecule has 0 N–H and O–H groups in total. The van der Waals surface area contributed by atoms with E-state index in [0.717, 1.165) is 59.2 Å². The van der Waals surface area contributed by atoms with Gasteiger partial charge in [-0.15, -0.1) is 4.91 Å². The van der Waals surface area contributed by atoms with E-state index < -0.39 is 35.9 Å². The summed E-state index contributed by atoms with van der Waals surface area (Å²) in [5, 5.41) is 2.60. The van der Waals surface area contributed by atoms with Crippen LogP contribution in [0.4, 0.5) is 18.0 Å². The third-order valence-corrected chi connectivity index (χ3v) is 9.42. The van der Waals surface area contributed by atoms with Gasteiger partial charge in [-0.2, -0.15) is 13.2 Å². The Morgan fingerprint density at radius 1 is 1.16 bits per heavy atom. The summed E-state index contributed by atoms with van der Waals surface area (Å²) in [6, 6.07) is 9.33. The average Bonchev–Trinajstić information content (AvgIpc) is 3.28. The largest absolute Gasteiger partial charge is 0.496 e. The third-order valence-electron chi connectivity index (χ3n) is 9.42. The Morgan fingerprint density at radius 3 is 2.56 bits per heavy atom. The highest BCUT2D eigenvalue weighted by Crippen LogP contribution is 2.47. The van der Waals surface area contributed by atoms with E-state index >= 15 is 0 Å². The van der Waals surface area contributed by atoms with Gasteiger partial charge in [-0.05, 0) is 110 Å². The summed E-state index contributed by atoms with van der Waals surface area (Å²) < 4.78 is 52.3. The molecule has 240 valence electrons. The Balaban J connectivity index is 1.48. The Labute approximate surface area is 261 Å². The zero-order chi connectivity index (χ0) is 32.7. The van der Waals surface area contributed by atoms with Crippen LogP contribution in [-0.2, 0) is 15.7 Å². The number of amides is 2. The van der Waals surface area contributed by atoms with E-state index in [2.05, 4.69) is 25.1 Å². The highest BCUT2D eigenvalue weighted by molar-refractivity contribution is 5.82. The second kappa shape index (κ2) is 12.4. The molecule has 2 aromatic carbocycles. The van der Waals surface area contributed by atoms with Crippen molar-refractivity contribution in [3.8, 4) is 5.75 Å². The van der Waals surface area contributed by atoms with Crippen LogP contribution >= 0.6 is 0 Å². The highest BCUT2D eigenvalue weighted by Gasteiger charge is 2.42. The Bertz CT molecular complexity index is 1580. The molecule has 7 nitrogen and oxygen atoms in total. The first kappa shape index (κ1) is 32.4. The minimum absolute atomic E-state index is 0.0197. The molecule has 1 heterocycles. The van der Waals surface area contributed by atoms with Crippen molar-refractivity contribution in [3.05, 3.63) is 80.8 Å². The predicted molar refractivity (Wildman–Crippen MR) is 165 cm³/mol. The number of rotatable bonds is 7. The second-order valence-electron chi connectivity index (χ2n) is 13.3. The summed E-state index contributed by atoms with van der Waals surface area (Å²) in [6.45, 7) is 8.08. The van der Waals surface area contributed by atoms with Crippen molar-refractivity contribution in [1.82, 2.24) is 4.90 Å². The van der Waals surface area contributed by atoms with Crippen molar-refractivity contribution < 1.29 is 32.2 Å². The maximum Gasteiger partial charge on any atom is 0.416 e. The maximum atomic E-state index is 13.6. The molecule has 10 heteroatoms. The topological polar surface area (TPSA) is 85.3 Å². The number of nitroso groups, excluding NO2 is 1. The molecule has 0 spiro atoms. The summed E-state index contributed by atoms with van der Waals surface area (Å²) in [7, 11) is 1.62. The van der Waals surface area contributed by atoms with Crippen molar-refractivity contribution in [3.63, 3.8) is 0 Å². The number of carbonyl (C=O) groups excluding carboxylic acids is 2. The molecule has 0 bridgehead atoms. The van der Waals surface area contributed by atoms with Gasteiger partial charge < -0.3 is 9.47 Å². The lowest BCUT2D eigenvalue weighted by Crippen LogP contribution is -2.35. The summed E-state index contributed by atoms with van der Waals surface area (Å²) in [6.07, 6.45) is 0.181. The predicted octanol–water partition coefficient (Wildman–Crippen LogP) is 9.04. The van der Waals surface area contributed by atoms with E-state index in [1.807, 2.05) is 25.1 Å². The zero-order valence-electron chi connectivity index (χ0n) is 26.3. The van der Waals surface area contributed by atoms with Gasteiger partial charge in [-0.3, -0.25) is 9.69 Å². The van der Waals surface area contributed by atoms with Crippen molar-refractivity contribution in [1.29, 1.82) is 0 Å². The van der Waals surface area contributed by atoms with E-state index in [-0.39, 0.29) is 17.9 Å². The number of ether oxygens (including phenoxy) is 2. The first-order valence-electron chi connectivity index (χ1n) is 15.3. The normalized spacial score (nSPS) is 23.5. The van der Waals surface area contributed by atoms with Crippen LogP contribution in [0, 0.1) is 23.2 Å². The van der Waals surface area contributed by atoms with Crippen LogP contribution in [0.1, 0.15) is 93.2 Å². The van der Waals surface area contributed by atoms with Gasteiger partial charge in [-0.25, -0.2) is 4.79 Å². The molecule has 3 aliphatic rings. The third kappa shape index (κ3) is 6.84. The number of halogens is 3. The number of carbonyl (C=O) groups is 2. The SMILES string of the molecule is COc1ccc(C2=CCC(C(=O)N=O)CC2)cc1C1=C(CN2C(=O)OC(c3cc(C)cc(C(F)(F)F)c3)C2C)CC(C)(C)CC1. The van der Waals surface area contributed by atoms with Crippen LogP contribution in [0.25, 0.3) is 11.1 Å². The number of methoxy groups -OCH3 is 1. The van der Waals surface area contributed by atoms with Gasteiger partial charge in [0.05, 0.1) is 18.7 Å². The fourth-order valence-corrected chi connectivity index (χ4v) is 6.93. The van der Waals surface area contributed by atoms with Gasteiger partial charge in [0.15, 0.2) is 0 Å². The molecule has 0 saturated carbocycles. The summed E-state index contributed by atoms with van der Waals surface area (Å²) in [4.78, 5) is 37.4. The van der Waals surface area contributed by atoms with Crippen LogP contribution in [0.5, 0.6) is 5.75 Å². The molecule has 45 heavy (non-hydrogen) atoms. The number of hydrogen-bond acceptors (Lipinski definition) is 5. The van der Waals surface area contributed by atoms with Gasteiger partial charge in [0.1, 0.15) is 11.9 Å². The number of nitrogens with zero attached hydrogens (tertiary/aromatic N) is 2. The van der Waals surface area contributed by atoms with E-state index in [4.69, 9.17) is 9.47 Å². The fourth-order valence-electron chi connectivity index (χ4n) is 6.93. The molecule has 3 unspecified atom stereocenters. The molecule has 1 fully saturated rings. The number of aryl methyl sites for hydroxylation is 1. The molecule has 1 saturated heterocycles. The van der Waals surface area contributed by atoms with E-state index in [1.165, 1.54) is 0 Å². The van der Waals surface area contributed by atoms with E-state index in [0.29, 0.717) is 36.1 Å². The van der Waals surface area contributed by atoms with Crippen LogP contribution in [0.2, 0.25) is 0 Å². The molecule has 2 aliphatic carbocycles. The molecule has 2 amide bonds. The summed E-state index contributed by atoms with van der Waals surface area (Å²) >= 11 is 0. The van der Waals surface area contributed by atoms with Crippen LogP contribution < -0.4 is 4.74 Å². The molecule has 0 aromatic heterocycles. The lowest BCUT2D eigenvalue weighted by molar-refractivity contribution is -0.137. The Morgan fingerprint density at radius 2 is 1.91 bits per heavy atom. The summed E-state index contributed by atoms with van der Waals surface area (Å²) in [5.74, 6) is -0.292. The van der Waals surface area contributed by atoms with Crippen molar-refractivity contribution in [2.45, 2.75) is 84.5 Å². The quantitative estimate of drug-likeness (QED) is 0.287. The van der Waals surface area contributed by atoms with Crippen LogP contribution in [0.3, 0.4) is 0 Å². The Hall–Kier alpha value is -3.95. The van der Waals surface area contributed by atoms with Gasteiger partial charge in [-0.1, -0.05) is 37.6 Å².